The normalized spacial score (nSPS) is 11.3. The number of carboxylic acids is 1. The molecule has 0 amide bonds. The number of hydrogen-bond acceptors (Lipinski definition) is 3. The van der Waals surface area contributed by atoms with Crippen LogP contribution in [0.2, 0.25) is 0 Å². The maximum atomic E-state index is 13.6. The summed E-state index contributed by atoms with van der Waals surface area (Å²) in [5.74, 6) is -1.74. The van der Waals surface area contributed by atoms with Crippen molar-refractivity contribution in [2.45, 2.75) is 20.3 Å². The van der Waals surface area contributed by atoms with E-state index >= 15 is 0 Å². The van der Waals surface area contributed by atoms with E-state index in [1.807, 2.05) is 13.8 Å². The Bertz CT molecular complexity index is 432. The zero-order valence-electron chi connectivity index (χ0n) is 10.5. The molecule has 1 aromatic rings. The molecule has 0 saturated heterocycles. The summed E-state index contributed by atoms with van der Waals surface area (Å²) in [6.07, 6.45) is 0.606. The number of benzene rings is 1. The monoisotopic (exact) mass is 255 g/mol. The highest BCUT2D eigenvalue weighted by atomic mass is 19.1. The highest BCUT2D eigenvalue weighted by Gasteiger charge is 2.17. The van der Waals surface area contributed by atoms with E-state index < -0.39 is 11.8 Å². The number of hydrogen-bond donors (Lipinski definition) is 3. The van der Waals surface area contributed by atoms with Crippen molar-refractivity contribution in [2.75, 3.05) is 18.5 Å². The molecule has 0 bridgehead atoms. The standard InChI is InChI=1S/C13H18FNO3/c1-13(2,5-6-16)8-15-11-4-3-9(12(17)18)7-10(11)14/h3-4,7,15-16H,5-6,8H2,1-2H3,(H,17,18). The molecular formula is C13H18FNO3. The Hall–Kier alpha value is -1.62. The van der Waals surface area contributed by atoms with Crippen LogP contribution in [0.3, 0.4) is 0 Å². The predicted octanol–water partition coefficient (Wildman–Crippen LogP) is 2.34. The number of aromatic carboxylic acids is 1. The van der Waals surface area contributed by atoms with Gasteiger partial charge in [-0.1, -0.05) is 13.8 Å². The van der Waals surface area contributed by atoms with Gasteiger partial charge in [0.2, 0.25) is 0 Å². The van der Waals surface area contributed by atoms with Crippen LogP contribution in [-0.2, 0) is 0 Å². The van der Waals surface area contributed by atoms with Crippen LogP contribution in [0, 0.1) is 11.2 Å². The van der Waals surface area contributed by atoms with Gasteiger partial charge in [-0.3, -0.25) is 0 Å². The molecule has 0 unspecified atom stereocenters. The van der Waals surface area contributed by atoms with Crippen LogP contribution in [0.25, 0.3) is 0 Å². The molecule has 1 rings (SSSR count). The Morgan fingerprint density at radius 3 is 2.61 bits per heavy atom. The minimum Gasteiger partial charge on any atom is -0.478 e. The summed E-state index contributed by atoms with van der Waals surface area (Å²) >= 11 is 0. The molecule has 100 valence electrons. The van der Waals surface area contributed by atoms with Crippen molar-refractivity contribution in [3.63, 3.8) is 0 Å². The Balaban J connectivity index is 2.71. The fourth-order valence-corrected chi connectivity index (χ4v) is 1.52. The second kappa shape index (κ2) is 5.82. The number of anilines is 1. The zero-order valence-corrected chi connectivity index (χ0v) is 10.5. The van der Waals surface area contributed by atoms with Crippen molar-refractivity contribution in [1.29, 1.82) is 0 Å². The van der Waals surface area contributed by atoms with Crippen LogP contribution < -0.4 is 5.32 Å². The van der Waals surface area contributed by atoms with Crippen LogP contribution in [0.4, 0.5) is 10.1 Å². The SMILES string of the molecule is CC(C)(CCO)CNc1ccc(C(=O)O)cc1F. The van der Waals surface area contributed by atoms with Gasteiger partial charge < -0.3 is 15.5 Å². The molecule has 0 heterocycles. The Morgan fingerprint density at radius 2 is 2.11 bits per heavy atom. The second-order valence-corrected chi connectivity index (χ2v) is 4.99. The van der Waals surface area contributed by atoms with Gasteiger partial charge in [0.1, 0.15) is 5.82 Å². The van der Waals surface area contributed by atoms with E-state index in [4.69, 9.17) is 10.2 Å². The van der Waals surface area contributed by atoms with Crippen LogP contribution >= 0.6 is 0 Å². The summed E-state index contributed by atoms with van der Waals surface area (Å²) in [6, 6.07) is 3.75. The maximum Gasteiger partial charge on any atom is 0.335 e. The lowest BCUT2D eigenvalue weighted by Gasteiger charge is -2.24. The highest BCUT2D eigenvalue weighted by Crippen LogP contribution is 2.22. The average molecular weight is 255 g/mol. The number of halogens is 1. The Kier molecular flexibility index (Phi) is 4.67. The third-order valence-corrected chi connectivity index (χ3v) is 2.76. The van der Waals surface area contributed by atoms with Crippen molar-refractivity contribution >= 4 is 11.7 Å². The topological polar surface area (TPSA) is 69.6 Å². The van der Waals surface area contributed by atoms with E-state index in [9.17, 15) is 9.18 Å². The first-order chi connectivity index (χ1) is 8.35. The molecule has 0 atom stereocenters. The largest absolute Gasteiger partial charge is 0.478 e. The quantitative estimate of drug-likeness (QED) is 0.729. The summed E-state index contributed by atoms with van der Waals surface area (Å²) in [5, 5.41) is 20.5. The summed E-state index contributed by atoms with van der Waals surface area (Å²) in [4.78, 5) is 10.7. The van der Waals surface area contributed by atoms with E-state index in [2.05, 4.69) is 5.32 Å². The Labute approximate surface area is 105 Å². The van der Waals surface area contributed by atoms with Gasteiger partial charge in [0.15, 0.2) is 0 Å². The van der Waals surface area contributed by atoms with E-state index in [1.165, 1.54) is 12.1 Å². The van der Waals surface area contributed by atoms with Crippen molar-refractivity contribution in [1.82, 2.24) is 0 Å². The molecule has 0 aliphatic carbocycles. The van der Waals surface area contributed by atoms with E-state index in [1.54, 1.807) is 0 Å². The highest BCUT2D eigenvalue weighted by molar-refractivity contribution is 5.88. The fourth-order valence-electron chi connectivity index (χ4n) is 1.52. The number of nitrogens with one attached hydrogen (secondary N) is 1. The first-order valence-corrected chi connectivity index (χ1v) is 5.73. The lowest BCUT2D eigenvalue weighted by Crippen LogP contribution is -2.24. The van der Waals surface area contributed by atoms with Crippen LogP contribution in [-0.4, -0.2) is 29.3 Å². The Morgan fingerprint density at radius 1 is 1.44 bits per heavy atom. The molecular weight excluding hydrogens is 237 g/mol. The first-order valence-electron chi connectivity index (χ1n) is 5.73. The fraction of sp³-hybridized carbons (Fsp3) is 0.462. The van der Waals surface area contributed by atoms with Gasteiger partial charge in [0.25, 0.3) is 0 Å². The molecule has 0 saturated carbocycles. The minimum atomic E-state index is -1.15. The molecule has 1 aromatic carbocycles. The van der Waals surface area contributed by atoms with Crippen molar-refractivity contribution < 1.29 is 19.4 Å². The number of carbonyl (C=O) groups is 1. The third-order valence-electron chi connectivity index (χ3n) is 2.76. The van der Waals surface area contributed by atoms with Gasteiger partial charge in [-0.05, 0) is 30.0 Å². The number of rotatable bonds is 6. The minimum absolute atomic E-state index is 0.0762. The van der Waals surface area contributed by atoms with Crippen molar-refractivity contribution in [2.24, 2.45) is 5.41 Å². The molecule has 0 fully saturated rings. The second-order valence-electron chi connectivity index (χ2n) is 4.99. The van der Waals surface area contributed by atoms with Gasteiger partial charge in [0, 0.05) is 13.2 Å². The summed E-state index contributed by atoms with van der Waals surface area (Å²) < 4.78 is 13.6. The lowest BCUT2D eigenvalue weighted by molar-refractivity contribution is 0.0696. The van der Waals surface area contributed by atoms with Gasteiger partial charge in [-0.25, -0.2) is 9.18 Å². The van der Waals surface area contributed by atoms with Crippen molar-refractivity contribution in [3.05, 3.63) is 29.6 Å². The average Bonchev–Trinajstić information content (AvgIpc) is 2.27. The number of aliphatic hydroxyl groups excluding tert-OH is 1. The molecule has 5 heteroatoms. The van der Waals surface area contributed by atoms with Crippen LogP contribution in [0.15, 0.2) is 18.2 Å². The third kappa shape index (κ3) is 4.00. The van der Waals surface area contributed by atoms with Gasteiger partial charge in [-0.2, -0.15) is 0 Å². The van der Waals surface area contributed by atoms with E-state index in [0.29, 0.717) is 13.0 Å². The summed E-state index contributed by atoms with van der Waals surface area (Å²) in [5.41, 5.74) is 0.0332. The van der Waals surface area contributed by atoms with Crippen molar-refractivity contribution in [3.8, 4) is 0 Å². The smallest absolute Gasteiger partial charge is 0.335 e. The van der Waals surface area contributed by atoms with E-state index in [0.717, 1.165) is 6.07 Å². The van der Waals surface area contributed by atoms with E-state index in [-0.39, 0.29) is 23.3 Å². The predicted molar refractivity (Wildman–Crippen MR) is 67.3 cm³/mol. The van der Waals surface area contributed by atoms with Gasteiger partial charge >= 0.3 is 5.97 Å². The molecule has 0 radical (unpaired) electrons. The molecule has 0 spiro atoms. The molecule has 4 nitrogen and oxygen atoms in total. The lowest BCUT2D eigenvalue weighted by atomic mass is 9.89. The summed E-state index contributed by atoms with van der Waals surface area (Å²) in [7, 11) is 0. The zero-order chi connectivity index (χ0) is 13.8. The molecule has 0 aromatic heterocycles. The molecule has 0 aliphatic rings. The van der Waals surface area contributed by atoms with Crippen LogP contribution in [0.5, 0.6) is 0 Å². The van der Waals surface area contributed by atoms with Crippen LogP contribution in [0.1, 0.15) is 30.6 Å². The maximum absolute atomic E-state index is 13.6. The molecule has 3 N–H and O–H groups in total. The first kappa shape index (κ1) is 14.4. The number of aliphatic hydroxyl groups is 1. The molecule has 18 heavy (non-hydrogen) atoms. The van der Waals surface area contributed by atoms with Gasteiger partial charge in [-0.15, -0.1) is 0 Å². The summed E-state index contributed by atoms with van der Waals surface area (Å²) in [6.45, 7) is 4.49. The van der Waals surface area contributed by atoms with Gasteiger partial charge in [0.05, 0.1) is 11.3 Å². The number of carboxylic acid groups (broad SMARTS) is 1. The molecule has 0 aliphatic heterocycles.